The number of carbonyl (C=O) groups is 2. The third-order valence-electron chi connectivity index (χ3n) is 3.96. The molecular weight excluding hydrogens is 387 g/mol. The Morgan fingerprint density at radius 3 is 2.44 bits per heavy atom. The molecule has 1 amide bonds. The SMILES string of the molecule is O=C(COc1cc(Cl)c(Cl)cc1Cl)c1c[nH]c(C(=O)N2CCCC2)c1. The highest BCUT2D eigenvalue weighted by atomic mass is 35.5. The maximum Gasteiger partial charge on any atom is 0.270 e. The van der Waals surface area contributed by atoms with E-state index >= 15 is 0 Å². The Hall–Kier alpha value is -1.69. The molecule has 3 rings (SSSR count). The van der Waals surface area contributed by atoms with Gasteiger partial charge in [-0.05, 0) is 25.0 Å². The maximum absolute atomic E-state index is 12.3. The van der Waals surface area contributed by atoms with Crippen LogP contribution in [0.2, 0.25) is 15.1 Å². The van der Waals surface area contributed by atoms with E-state index in [4.69, 9.17) is 39.5 Å². The van der Waals surface area contributed by atoms with Gasteiger partial charge in [-0.25, -0.2) is 0 Å². The lowest BCUT2D eigenvalue weighted by molar-refractivity contribution is 0.0787. The van der Waals surface area contributed by atoms with Gasteiger partial charge >= 0.3 is 0 Å². The first-order valence-corrected chi connectivity index (χ1v) is 8.87. The van der Waals surface area contributed by atoms with E-state index in [2.05, 4.69) is 4.98 Å². The van der Waals surface area contributed by atoms with Crippen molar-refractivity contribution in [2.24, 2.45) is 0 Å². The van der Waals surface area contributed by atoms with Crippen molar-refractivity contribution in [3.63, 3.8) is 0 Å². The molecule has 132 valence electrons. The topological polar surface area (TPSA) is 62.4 Å². The summed E-state index contributed by atoms with van der Waals surface area (Å²) in [6.07, 6.45) is 3.53. The smallest absolute Gasteiger partial charge is 0.270 e. The number of likely N-dealkylation sites (tertiary alicyclic amines) is 1. The third-order valence-corrected chi connectivity index (χ3v) is 4.98. The molecule has 0 bridgehead atoms. The van der Waals surface area contributed by atoms with E-state index in [1.165, 1.54) is 18.3 Å². The van der Waals surface area contributed by atoms with Crippen LogP contribution in [0, 0.1) is 0 Å². The minimum absolute atomic E-state index is 0.0926. The van der Waals surface area contributed by atoms with E-state index in [-0.39, 0.29) is 34.1 Å². The van der Waals surface area contributed by atoms with E-state index in [1.807, 2.05) is 0 Å². The van der Waals surface area contributed by atoms with E-state index in [0.29, 0.717) is 16.3 Å². The lowest BCUT2D eigenvalue weighted by atomic mass is 10.2. The van der Waals surface area contributed by atoms with Gasteiger partial charge in [0, 0.05) is 30.9 Å². The Morgan fingerprint density at radius 2 is 1.72 bits per heavy atom. The van der Waals surface area contributed by atoms with Crippen molar-refractivity contribution in [3.05, 3.63) is 50.7 Å². The molecule has 1 saturated heterocycles. The average molecular weight is 402 g/mol. The molecule has 1 aliphatic heterocycles. The van der Waals surface area contributed by atoms with Crippen molar-refractivity contribution in [2.75, 3.05) is 19.7 Å². The van der Waals surface area contributed by atoms with Crippen LogP contribution in [0.1, 0.15) is 33.7 Å². The van der Waals surface area contributed by atoms with Crippen LogP contribution in [-0.2, 0) is 0 Å². The third kappa shape index (κ3) is 4.11. The van der Waals surface area contributed by atoms with Crippen LogP contribution in [0.4, 0.5) is 0 Å². The number of amides is 1. The fourth-order valence-electron chi connectivity index (χ4n) is 2.61. The number of halogens is 3. The van der Waals surface area contributed by atoms with Crippen molar-refractivity contribution in [2.45, 2.75) is 12.8 Å². The minimum Gasteiger partial charge on any atom is -0.484 e. The van der Waals surface area contributed by atoms with Crippen molar-refractivity contribution in [1.29, 1.82) is 0 Å². The number of ether oxygens (including phenoxy) is 1. The number of H-pyrrole nitrogens is 1. The van der Waals surface area contributed by atoms with Crippen molar-refractivity contribution >= 4 is 46.5 Å². The normalized spacial score (nSPS) is 14.0. The summed E-state index contributed by atoms with van der Waals surface area (Å²) in [6.45, 7) is 1.27. The zero-order chi connectivity index (χ0) is 18.0. The van der Waals surface area contributed by atoms with E-state index in [0.717, 1.165) is 25.9 Å². The number of aromatic nitrogens is 1. The molecule has 2 aromatic rings. The van der Waals surface area contributed by atoms with Crippen LogP contribution in [0.5, 0.6) is 5.75 Å². The van der Waals surface area contributed by atoms with Gasteiger partial charge in [0.05, 0.1) is 15.1 Å². The monoisotopic (exact) mass is 400 g/mol. The molecule has 0 spiro atoms. The molecule has 1 aliphatic rings. The molecule has 1 N–H and O–H groups in total. The number of carbonyl (C=O) groups excluding carboxylic acids is 2. The number of ketones is 1. The first-order valence-electron chi connectivity index (χ1n) is 7.74. The molecule has 1 aromatic heterocycles. The first kappa shape index (κ1) is 18.1. The quantitative estimate of drug-likeness (QED) is 0.594. The summed E-state index contributed by atoms with van der Waals surface area (Å²) in [4.78, 5) is 29.2. The molecule has 25 heavy (non-hydrogen) atoms. The Morgan fingerprint density at radius 1 is 1.04 bits per heavy atom. The van der Waals surface area contributed by atoms with Crippen LogP contribution in [-0.4, -0.2) is 41.3 Å². The van der Waals surface area contributed by atoms with Crippen LogP contribution >= 0.6 is 34.8 Å². The summed E-state index contributed by atoms with van der Waals surface area (Å²) < 4.78 is 5.42. The summed E-state index contributed by atoms with van der Waals surface area (Å²) >= 11 is 17.8. The Kier molecular flexibility index (Phi) is 5.57. The Balaban J connectivity index is 1.64. The summed E-state index contributed by atoms with van der Waals surface area (Å²) in [5.41, 5.74) is 0.775. The van der Waals surface area contributed by atoms with Crippen LogP contribution in [0.25, 0.3) is 0 Å². The number of rotatable bonds is 5. The number of hydrogen-bond donors (Lipinski definition) is 1. The molecule has 0 unspecified atom stereocenters. The van der Waals surface area contributed by atoms with E-state index in [1.54, 1.807) is 11.0 Å². The van der Waals surface area contributed by atoms with Gasteiger partial charge in [0.1, 0.15) is 11.4 Å². The number of benzene rings is 1. The standard InChI is InChI=1S/C17H15Cl3N2O3/c18-11-6-13(20)16(7-12(11)19)25-9-15(23)10-5-14(21-8-10)17(24)22-3-1-2-4-22/h5-8,21H,1-4,9H2. The van der Waals surface area contributed by atoms with Crippen molar-refractivity contribution in [1.82, 2.24) is 9.88 Å². The molecule has 0 saturated carbocycles. The predicted octanol–water partition coefficient (Wildman–Crippen LogP) is 4.47. The van der Waals surface area contributed by atoms with Crippen molar-refractivity contribution < 1.29 is 14.3 Å². The summed E-state index contributed by atoms with van der Waals surface area (Å²) in [7, 11) is 0. The molecule has 0 aliphatic carbocycles. The summed E-state index contributed by atoms with van der Waals surface area (Å²) in [5.74, 6) is -0.0998. The van der Waals surface area contributed by atoms with Gasteiger partial charge in [-0.3, -0.25) is 9.59 Å². The van der Waals surface area contributed by atoms with Crippen molar-refractivity contribution in [3.8, 4) is 5.75 Å². The highest BCUT2D eigenvalue weighted by molar-refractivity contribution is 6.43. The van der Waals surface area contributed by atoms with Gasteiger partial charge in [-0.2, -0.15) is 0 Å². The van der Waals surface area contributed by atoms with E-state index in [9.17, 15) is 9.59 Å². The minimum atomic E-state index is -0.279. The highest BCUT2D eigenvalue weighted by Gasteiger charge is 2.22. The number of nitrogens with one attached hydrogen (secondary N) is 1. The van der Waals surface area contributed by atoms with Gasteiger partial charge in [-0.15, -0.1) is 0 Å². The summed E-state index contributed by atoms with van der Waals surface area (Å²) in [5, 5.41) is 0.857. The average Bonchev–Trinajstić information content (AvgIpc) is 3.27. The Bertz CT molecular complexity index is 813. The van der Waals surface area contributed by atoms with Gasteiger partial charge in [0.15, 0.2) is 6.61 Å². The fourth-order valence-corrected chi connectivity index (χ4v) is 3.20. The van der Waals surface area contributed by atoms with Crippen LogP contribution in [0.3, 0.4) is 0 Å². The predicted molar refractivity (Wildman–Crippen MR) is 97.2 cm³/mol. The second-order valence-electron chi connectivity index (χ2n) is 5.71. The number of hydrogen-bond acceptors (Lipinski definition) is 3. The zero-order valence-electron chi connectivity index (χ0n) is 13.2. The zero-order valence-corrected chi connectivity index (χ0v) is 15.4. The molecule has 5 nitrogen and oxygen atoms in total. The van der Waals surface area contributed by atoms with E-state index < -0.39 is 0 Å². The number of Topliss-reactive ketones (excluding diaryl/α,β-unsaturated/α-hetero) is 1. The molecule has 0 radical (unpaired) electrons. The molecule has 2 heterocycles. The molecule has 0 atom stereocenters. The van der Waals surface area contributed by atoms with Gasteiger partial charge in [0.2, 0.25) is 5.78 Å². The second kappa shape index (κ2) is 7.68. The largest absolute Gasteiger partial charge is 0.484 e. The second-order valence-corrected chi connectivity index (χ2v) is 6.93. The molecule has 1 aromatic carbocycles. The van der Waals surface area contributed by atoms with Gasteiger partial charge < -0.3 is 14.6 Å². The lowest BCUT2D eigenvalue weighted by Gasteiger charge is -2.13. The lowest BCUT2D eigenvalue weighted by Crippen LogP contribution is -2.27. The highest BCUT2D eigenvalue weighted by Crippen LogP contribution is 2.33. The van der Waals surface area contributed by atoms with Crippen LogP contribution in [0.15, 0.2) is 24.4 Å². The molecule has 8 heteroatoms. The first-order chi connectivity index (χ1) is 12.0. The van der Waals surface area contributed by atoms with Gasteiger partial charge in [-0.1, -0.05) is 34.8 Å². The molecule has 1 fully saturated rings. The maximum atomic E-state index is 12.3. The molecular formula is C17H15Cl3N2O3. The number of nitrogens with zero attached hydrogens (tertiary/aromatic N) is 1. The fraction of sp³-hybridized carbons (Fsp3) is 0.294. The van der Waals surface area contributed by atoms with Gasteiger partial charge in [0.25, 0.3) is 5.91 Å². The van der Waals surface area contributed by atoms with Crippen LogP contribution < -0.4 is 4.74 Å². The number of aromatic amines is 1. The Labute approximate surface area is 159 Å². The summed E-state index contributed by atoms with van der Waals surface area (Å²) in [6, 6.07) is 4.45.